The van der Waals surface area contributed by atoms with Crippen LogP contribution < -0.4 is 5.54 Å². The van der Waals surface area contributed by atoms with Gasteiger partial charge >= 0.3 is 0 Å². The van der Waals surface area contributed by atoms with Gasteiger partial charge in [0.05, 0.1) is 0 Å². The van der Waals surface area contributed by atoms with Crippen molar-refractivity contribution < 1.29 is 8.87 Å². The van der Waals surface area contributed by atoms with Crippen molar-refractivity contribution in [3.63, 3.8) is 0 Å². The van der Waals surface area contributed by atoms with Gasteiger partial charge in [-0.25, -0.2) is 9.93 Å². The fourth-order valence-electron chi connectivity index (χ4n) is 2.72. The van der Waals surface area contributed by atoms with Gasteiger partial charge in [-0.05, 0) is 66.3 Å². The lowest BCUT2D eigenvalue weighted by Gasteiger charge is -2.13. The molecule has 0 bridgehead atoms. The molecule has 3 heteroatoms. The average molecular weight is 325 g/mol. The number of hydrogen-bond acceptors (Lipinski definition) is 1. The quantitative estimate of drug-likeness (QED) is 0.489. The molecular formula is C21H21F2N. The Morgan fingerprint density at radius 2 is 1.79 bits per heavy atom. The molecular weight excluding hydrogens is 304 g/mol. The van der Waals surface area contributed by atoms with Gasteiger partial charge in [-0.3, -0.25) is 0 Å². The van der Waals surface area contributed by atoms with Crippen LogP contribution in [0.2, 0.25) is 0 Å². The second-order valence-electron chi connectivity index (χ2n) is 5.67. The van der Waals surface area contributed by atoms with E-state index in [9.17, 15) is 8.87 Å². The number of aryl methyl sites for hydroxylation is 1. The Hall–Kier alpha value is -2.68. The van der Waals surface area contributed by atoms with Crippen molar-refractivity contribution in [1.29, 1.82) is 0 Å². The molecule has 0 saturated carbocycles. The maximum Gasteiger partial charge on any atom is 0.149 e. The fraction of sp³-hybridized carbons (Fsp3) is 0.143. The van der Waals surface area contributed by atoms with Gasteiger partial charge in [-0.1, -0.05) is 49.1 Å². The summed E-state index contributed by atoms with van der Waals surface area (Å²) in [4.78, 5) is 0. The molecule has 0 radical (unpaired) electrons. The summed E-state index contributed by atoms with van der Waals surface area (Å²) in [5.41, 5.74) is 6.28. The first-order valence-corrected chi connectivity index (χ1v) is 7.74. The first kappa shape index (κ1) is 17.7. The van der Waals surface area contributed by atoms with Crippen LogP contribution in [-0.4, -0.2) is 0 Å². The highest BCUT2D eigenvalue weighted by molar-refractivity contribution is 5.84. The molecule has 0 aliphatic rings. The highest BCUT2D eigenvalue weighted by Crippen LogP contribution is 2.30. The first-order chi connectivity index (χ1) is 11.5. The normalized spacial score (nSPS) is 12.2. The van der Waals surface area contributed by atoms with Gasteiger partial charge in [0.2, 0.25) is 0 Å². The Kier molecular flexibility index (Phi) is 5.69. The van der Waals surface area contributed by atoms with Crippen molar-refractivity contribution in [2.24, 2.45) is 0 Å². The van der Waals surface area contributed by atoms with E-state index in [-0.39, 0.29) is 5.69 Å². The van der Waals surface area contributed by atoms with Gasteiger partial charge in [-0.15, -0.1) is 4.48 Å². The molecule has 0 aliphatic carbocycles. The third kappa shape index (κ3) is 3.80. The highest BCUT2D eigenvalue weighted by atomic mass is 19.2. The molecule has 0 fully saturated rings. The van der Waals surface area contributed by atoms with Gasteiger partial charge in [0.15, 0.2) is 0 Å². The van der Waals surface area contributed by atoms with E-state index in [1.54, 1.807) is 13.0 Å². The van der Waals surface area contributed by atoms with Crippen LogP contribution in [0.4, 0.5) is 14.6 Å². The molecule has 24 heavy (non-hydrogen) atoms. The van der Waals surface area contributed by atoms with E-state index in [4.69, 9.17) is 0 Å². The topological polar surface area (TPSA) is 12.0 Å². The molecule has 0 saturated heterocycles. The van der Waals surface area contributed by atoms with Crippen LogP contribution in [0, 0.1) is 12.7 Å². The van der Waals surface area contributed by atoms with Crippen molar-refractivity contribution >= 4 is 16.8 Å². The Balaban J connectivity index is 2.38. The summed E-state index contributed by atoms with van der Waals surface area (Å²) in [6.07, 6.45) is 3.89. The standard InChI is InChI=1S/C21H21F2N/c1-5-19(18-12-16(4)21(24-23)20(22)13-18)15(3)11-14(2)17-9-7-6-8-10-17/h5-13,24H,2H2,1,3-4H3/b15-11-,19-5+. The van der Waals surface area contributed by atoms with Crippen molar-refractivity contribution in [2.45, 2.75) is 20.8 Å². The molecule has 2 rings (SSSR count). The summed E-state index contributed by atoms with van der Waals surface area (Å²) in [5, 5.41) is 0. The average Bonchev–Trinajstić information content (AvgIpc) is 2.56. The largest absolute Gasteiger partial charge is 0.221 e. The van der Waals surface area contributed by atoms with E-state index in [0.29, 0.717) is 11.1 Å². The minimum Gasteiger partial charge on any atom is -0.221 e. The summed E-state index contributed by atoms with van der Waals surface area (Å²) in [7, 11) is 0. The summed E-state index contributed by atoms with van der Waals surface area (Å²) in [6, 6.07) is 13.0. The first-order valence-electron chi connectivity index (χ1n) is 7.74. The lowest BCUT2D eigenvalue weighted by atomic mass is 9.94. The maximum absolute atomic E-state index is 14.0. The van der Waals surface area contributed by atoms with Crippen LogP contribution in [-0.2, 0) is 0 Å². The number of rotatable bonds is 5. The van der Waals surface area contributed by atoms with Crippen molar-refractivity contribution in [3.8, 4) is 0 Å². The molecule has 0 unspecified atom stereocenters. The number of anilines is 1. The summed E-state index contributed by atoms with van der Waals surface area (Å²) in [5.74, 6) is -0.610. The van der Waals surface area contributed by atoms with Crippen LogP contribution in [0.15, 0.2) is 66.8 Å². The number of nitrogens with one attached hydrogen (secondary N) is 1. The third-order valence-corrected chi connectivity index (χ3v) is 3.94. The van der Waals surface area contributed by atoms with Crippen molar-refractivity contribution in [2.75, 3.05) is 5.54 Å². The zero-order valence-electron chi connectivity index (χ0n) is 14.2. The van der Waals surface area contributed by atoms with Gasteiger partial charge in [0.1, 0.15) is 11.5 Å². The number of hydrogen-bond donors (Lipinski definition) is 1. The van der Waals surface area contributed by atoms with Crippen LogP contribution >= 0.6 is 0 Å². The number of benzene rings is 2. The van der Waals surface area contributed by atoms with E-state index in [2.05, 4.69) is 6.58 Å². The van der Waals surface area contributed by atoms with Gasteiger partial charge in [0, 0.05) is 0 Å². The third-order valence-electron chi connectivity index (χ3n) is 3.94. The Bertz CT molecular complexity index is 779. The molecule has 2 aromatic rings. The highest BCUT2D eigenvalue weighted by Gasteiger charge is 2.11. The molecule has 0 aliphatic heterocycles. The molecule has 2 aromatic carbocycles. The Labute approximate surface area is 142 Å². The van der Waals surface area contributed by atoms with E-state index in [1.165, 1.54) is 11.6 Å². The van der Waals surface area contributed by atoms with Gasteiger partial charge in [0.25, 0.3) is 0 Å². The second-order valence-corrected chi connectivity index (χ2v) is 5.67. The fourth-order valence-corrected chi connectivity index (χ4v) is 2.72. The lowest BCUT2D eigenvalue weighted by Crippen LogP contribution is -1.96. The van der Waals surface area contributed by atoms with Crippen LogP contribution in [0.3, 0.4) is 0 Å². The monoisotopic (exact) mass is 325 g/mol. The predicted molar refractivity (Wildman–Crippen MR) is 98.8 cm³/mol. The SMILES string of the molecule is C=C(/C=C(C)\C(=C/C)c1cc(C)c(NF)c(F)c1)c1ccccc1. The molecule has 124 valence electrons. The maximum atomic E-state index is 14.0. The van der Waals surface area contributed by atoms with E-state index < -0.39 is 5.82 Å². The predicted octanol–water partition coefficient (Wildman–Crippen LogP) is 6.49. The van der Waals surface area contributed by atoms with E-state index in [0.717, 1.165) is 22.3 Å². The van der Waals surface area contributed by atoms with E-state index >= 15 is 0 Å². The van der Waals surface area contributed by atoms with Crippen LogP contribution in [0.5, 0.6) is 0 Å². The number of allylic oxidation sites excluding steroid dienone is 5. The minimum atomic E-state index is -0.610. The molecule has 1 N–H and O–H groups in total. The van der Waals surface area contributed by atoms with Crippen LogP contribution in [0.25, 0.3) is 11.1 Å². The van der Waals surface area contributed by atoms with E-state index in [1.807, 2.05) is 56.3 Å². The minimum absolute atomic E-state index is 0.121. The Morgan fingerprint density at radius 1 is 1.12 bits per heavy atom. The summed E-state index contributed by atoms with van der Waals surface area (Å²) >= 11 is 0. The molecule has 0 aromatic heterocycles. The molecule has 0 amide bonds. The zero-order chi connectivity index (χ0) is 17.7. The molecule has 0 spiro atoms. The summed E-state index contributed by atoms with van der Waals surface area (Å²) < 4.78 is 26.7. The Morgan fingerprint density at radius 3 is 2.33 bits per heavy atom. The summed E-state index contributed by atoms with van der Waals surface area (Å²) in [6.45, 7) is 9.62. The number of halogens is 2. The van der Waals surface area contributed by atoms with Crippen LogP contribution in [0.1, 0.15) is 30.5 Å². The second kappa shape index (κ2) is 7.73. The molecule has 0 atom stereocenters. The van der Waals surface area contributed by atoms with Gasteiger partial charge in [-0.2, -0.15) is 0 Å². The lowest BCUT2D eigenvalue weighted by molar-refractivity contribution is 0.579. The molecule has 0 heterocycles. The van der Waals surface area contributed by atoms with Crippen molar-refractivity contribution in [1.82, 2.24) is 0 Å². The zero-order valence-corrected chi connectivity index (χ0v) is 14.2. The van der Waals surface area contributed by atoms with Crippen molar-refractivity contribution in [3.05, 3.63) is 89.3 Å². The van der Waals surface area contributed by atoms with Gasteiger partial charge < -0.3 is 0 Å². The smallest absolute Gasteiger partial charge is 0.149 e. The molecule has 1 nitrogen and oxygen atoms in total.